The van der Waals surface area contributed by atoms with Crippen LogP contribution in [0.5, 0.6) is 0 Å². The van der Waals surface area contributed by atoms with E-state index in [0.717, 1.165) is 16.7 Å². The first-order valence-electron chi connectivity index (χ1n) is 9.82. The van der Waals surface area contributed by atoms with Crippen molar-refractivity contribution in [3.8, 4) is 0 Å². The van der Waals surface area contributed by atoms with Crippen LogP contribution in [-0.2, 0) is 25.6 Å². The van der Waals surface area contributed by atoms with Crippen molar-refractivity contribution in [1.82, 2.24) is 20.4 Å². The maximum absolute atomic E-state index is 12.7. The Morgan fingerprint density at radius 3 is 2.56 bits per heavy atom. The van der Waals surface area contributed by atoms with Gasteiger partial charge in [-0.15, -0.1) is 22.0 Å². The van der Waals surface area contributed by atoms with Gasteiger partial charge in [-0.3, -0.25) is 14.5 Å². The number of rotatable bonds is 9. The maximum atomic E-state index is 12.7. The van der Waals surface area contributed by atoms with Gasteiger partial charge in [-0.05, 0) is 11.1 Å². The van der Waals surface area contributed by atoms with Crippen LogP contribution in [0.3, 0.4) is 0 Å². The molecular formula is C20H16N4Na2O8S2. The molecule has 0 saturated carbocycles. The predicted octanol–water partition coefficient (Wildman–Crippen LogP) is -8.40. The van der Waals surface area contributed by atoms with E-state index in [4.69, 9.17) is 4.42 Å². The van der Waals surface area contributed by atoms with Gasteiger partial charge in [0.15, 0.2) is 6.10 Å². The number of carbonyl (C=O) groups excluding carboxylic acids is 4. The molecule has 2 aromatic rings. The number of β-lactam (4-membered cyclic amide) rings is 1. The Hall–Kier alpha value is -1.36. The van der Waals surface area contributed by atoms with Gasteiger partial charge in [0.2, 0.25) is 5.89 Å². The molecule has 0 radical (unpaired) electrons. The van der Waals surface area contributed by atoms with Crippen LogP contribution in [0.1, 0.15) is 17.6 Å². The van der Waals surface area contributed by atoms with E-state index in [9.17, 15) is 34.5 Å². The Kier molecular flexibility index (Phi) is 11.5. The van der Waals surface area contributed by atoms with E-state index in [-0.39, 0.29) is 87.4 Å². The van der Waals surface area contributed by atoms with E-state index in [1.807, 2.05) is 0 Å². The minimum absolute atomic E-state index is 0. The van der Waals surface area contributed by atoms with Crippen LogP contribution in [-0.4, -0.2) is 66.9 Å². The van der Waals surface area contributed by atoms with Gasteiger partial charge in [-0.1, -0.05) is 42.1 Å². The third kappa shape index (κ3) is 6.74. The molecule has 2 unspecified atom stereocenters. The number of aliphatic hydroxyl groups excluding tert-OH is 1. The number of nitrogens with one attached hydrogen (secondary N) is 1. The predicted molar refractivity (Wildman–Crippen MR) is 112 cm³/mol. The number of aromatic nitrogens is 2. The molecule has 2 N–H and O–H groups in total. The minimum atomic E-state index is -1.55. The van der Waals surface area contributed by atoms with Crippen molar-refractivity contribution in [2.24, 2.45) is 0 Å². The van der Waals surface area contributed by atoms with Crippen LogP contribution < -0.4 is 74.6 Å². The monoisotopic (exact) mass is 550 g/mol. The van der Waals surface area contributed by atoms with E-state index in [1.54, 1.807) is 30.3 Å². The van der Waals surface area contributed by atoms with E-state index < -0.39 is 47.7 Å². The van der Waals surface area contributed by atoms with Crippen molar-refractivity contribution in [2.75, 3.05) is 11.5 Å². The summed E-state index contributed by atoms with van der Waals surface area (Å²) in [6.07, 6.45) is -2.03. The number of aliphatic carboxylic acids is 2. The first-order chi connectivity index (χ1) is 16.3. The molecule has 1 aromatic heterocycles. The molecule has 4 rings (SSSR count). The van der Waals surface area contributed by atoms with Crippen molar-refractivity contribution in [3.05, 3.63) is 53.1 Å². The average Bonchev–Trinajstić information content (AvgIpc) is 3.26. The van der Waals surface area contributed by atoms with Gasteiger partial charge >= 0.3 is 59.1 Å². The van der Waals surface area contributed by atoms with E-state index in [1.165, 1.54) is 11.8 Å². The molecule has 3 heterocycles. The Morgan fingerprint density at radius 2 is 1.92 bits per heavy atom. The Morgan fingerprint density at radius 1 is 1.22 bits per heavy atom. The summed E-state index contributed by atoms with van der Waals surface area (Å²) in [5.41, 5.74) is 0.427. The minimum Gasteiger partial charge on any atom is -0.550 e. The SMILES string of the molecule is O=C([O-])Cc1nnc(SCC2=C(C(=O)[O-])N3C(=O)C(NC(=O)C(O)c4ccccc4)[C@H]3SC2)o1.[Na+].[Na+]. The van der Waals surface area contributed by atoms with Gasteiger partial charge in [-0.2, -0.15) is 0 Å². The van der Waals surface area contributed by atoms with Gasteiger partial charge in [-0.25, -0.2) is 0 Å². The van der Waals surface area contributed by atoms with Crippen molar-refractivity contribution in [2.45, 2.75) is 29.2 Å². The standard InChI is InChI=1S/C20H18N4O8S2.2Na/c25-12(26)6-11-22-23-20(32-11)34-8-10-7-33-18-13(17(29)24(18)14(10)19(30)31)21-16(28)15(27)9-4-2-1-3-5-9;;/h1-5,13,15,18,27H,6-8H2,(H,21,28)(H,25,26)(H,30,31);;/q;2*+1/p-2/t13?,15?,18-;;/m1../s1. The molecule has 3 atom stereocenters. The summed E-state index contributed by atoms with van der Waals surface area (Å²) in [6, 6.07) is 7.19. The number of carbonyl (C=O) groups is 4. The Bertz CT molecular complexity index is 1180. The summed E-state index contributed by atoms with van der Waals surface area (Å²) < 4.78 is 5.16. The second-order valence-electron chi connectivity index (χ2n) is 7.25. The summed E-state index contributed by atoms with van der Waals surface area (Å²) >= 11 is 2.23. The molecule has 12 nitrogen and oxygen atoms in total. The van der Waals surface area contributed by atoms with Gasteiger partial charge in [0.25, 0.3) is 17.0 Å². The first kappa shape index (κ1) is 30.9. The Labute approximate surface area is 257 Å². The summed E-state index contributed by atoms with van der Waals surface area (Å²) in [4.78, 5) is 48.6. The maximum Gasteiger partial charge on any atom is 1.00 e. The van der Waals surface area contributed by atoms with Gasteiger partial charge in [0.05, 0.1) is 24.1 Å². The summed E-state index contributed by atoms with van der Waals surface area (Å²) in [5.74, 6) is -4.20. The number of amides is 2. The summed E-state index contributed by atoms with van der Waals surface area (Å²) in [7, 11) is 0. The molecule has 16 heteroatoms. The number of carboxylic acids is 2. The zero-order chi connectivity index (χ0) is 24.4. The summed E-state index contributed by atoms with van der Waals surface area (Å²) in [5, 5.41) is 41.8. The number of carboxylic acid groups (broad SMARTS) is 2. The quantitative estimate of drug-likeness (QED) is 0.171. The van der Waals surface area contributed by atoms with Gasteiger partial charge in [0.1, 0.15) is 11.4 Å². The second-order valence-corrected chi connectivity index (χ2v) is 9.28. The van der Waals surface area contributed by atoms with Gasteiger partial charge < -0.3 is 34.6 Å². The van der Waals surface area contributed by atoms with Crippen LogP contribution in [0.25, 0.3) is 0 Å². The fourth-order valence-electron chi connectivity index (χ4n) is 3.44. The molecule has 0 spiro atoms. The number of hydrogen-bond acceptors (Lipinski definition) is 12. The van der Waals surface area contributed by atoms with Crippen molar-refractivity contribution in [1.29, 1.82) is 0 Å². The average molecular weight is 550 g/mol. The molecule has 36 heavy (non-hydrogen) atoms. The van der Waals surface area contributed by atoms with Crippen LogP contribution in [0.2, 0.25) is 0 Å². The zero-order valence-corrected chi connectivity index (χ0v) is 24.8. The number of hydrogen-bond donors (Lipinski definition) is 2. The molecule has 1 aromatic carbocycles. The molecule has 2 aliphatic rings. The molecule has 1 saturated heterocycles. The zero-order valence-electron chi connectivity index (χ0n) is 19.2. The molecule has 0 aliphatic carbocycles. The van der Waals surface area contributed by atoms with Crippen LogP contribution in [0, 0.1) is 0 Å². The second kappa shape index (κ2) is 13.4. The number of nitrogens with zero attached hydrogens (tertiary/aromatic N) is 3. The number of fused-ring (bicyclic) bond motifs is 1. The van der Waals surface area contributed by atoms with Crippen LogP contribution in [0.4, 0.5) is 0 Å². The topological polar surface area (TPSA) is 189 Å². The van der Waals surface area contributed by atoms with Crippen molar-refractivity contribution in [3.63, 3.8) is 0 Å². The molecule has 2 aliphatic heterocycles. The normalized spacial score (nSPS) is 19.2. The third-order valence-corrected chi connectivity index (χ3v) is 7.26. The first-order valence-corrected chi connectivity index (χ1v) is 11.9. The fraction of sp³-hybridized carbons (Fsp3) is 0.300. The molecule has 2 amide bonds. The number of benzene rings is 1. The van der Waals surface area contributed by atoms with E-state index >= 15 is 0 Å². The van der Waals surface area contributed by atoms with Crippen molar-refractivity contribution < 1.29 is 98.0 Å². The van der Waals surface area contributed by atoms with Crippen molar-refractivity contribution >= 4 is 47.3 Å². The third-order valence-electron chi connectivity index (χ3n) is 5.02. The fourth-order valence-corrected chi connectivity index (χ4v) is 5.71. The largest absolute Gasteiger partial charge is 1.00 e. The van der Waals surface area contributed by atoms with Crippen LogP contribution >= 0.6 is 23.5 Å². The molecule has 0 bridgehead atoms. The van der Waals surface area contributed by atoms with Crippen LogP contribution in [0.15, 0.2) is 51.2 Å². The Balaban J connectivity index is 0.00000228. The molecule has 1 fully saturated rings. The summed E-state index contributed by atoms with van der Waals surface area (Å²) in [6.45, 7) is 0. The number of aliphatic hydroxyl groups is 1. The number of thioether (sulfide) groups is 2. The smallest absolute Gasteiger partial charge is 0.550 e. The molecular weight excluding hydrogens is 534 g/mol. The van der Waals surface area contributed by atoms with E-state index in [2.05, 4.69) is 15.5 Å². The molecule has 178 valence electrons. The van der Waals surface area contributed by atoms with Gasteiger partial charge in [0, 0.05) is 11.5 Å². The van der Waals surface area contributed by atoms with E-state index in [0.29, 0.717) is 11.1 Å².